The largest absolute Gasteiger partial charge is 0.466 e. The molecule has 1 aliphatic carbocycles. The number of nitrogens with zero attached hydrogens (tertiary/aromatic N) is 2. The minimum Gasteiger partial charge on any atom is -0.466 e. The number of aromatic nitrogens is 2. The number of carbonyl (C=O) groups excluding carboxylic acids is 2. The fourth-order valence-electron chi connectivity index (χ4n) is 5.44. The molecule has 1 aromatic carbocycles. The number of carbonyl (C=O) groups is 2. The molecule has 0 spiro atoms. The Morgan fingerprint density at radius 1 is 1.08 bits per heavy atom. The molecule has 7 nitrogen and oxygen atoms in total. The predicted octanol–water partition coefficient (Wildman–Crippen LogP) is 6.56. The lowest BCUT2D eigenvalue weighted by Crippen LogP contribution is -2.44. The van der Waals surface area contributed by atoms with E-state index in [0.29, 0.717) is 18.4 Å². The van der Waals surface area contributed by atoms with Crippen LogP contribution in [0, 0.1) is 0 Å². The lowest BCUT2D eigenvalue weighted by Gasteiger charge is -2.32. The van der Waals surface area contributed by atoms with Crippen molar-refractivity contribution in [1.82, 2.24) is 14.9 Å². The minimum absolute atomic E-state index is 0.198. The summed E-state index contributed by atoms with van der Waals surface area (Å²) in [4.78, 5) is 29.7. The van der Waals surface area contributed by atoms with Crippen molar-refractivity contribution >= 4 is 34.8 Å². The van der Waals surface area contributed by atoms with Crippen molar-refractivity contribution < 1.29 is 14.3 Å². The average molecular weight is 503 g/mol. The van der Waals surface area contributed by atoms with Crippen LogP contribution in [0.1, 0.15) is 81.9 Å². The second-order valence-electron chi connectivity index (χ2n) is 10.5. The number of anilines is 1. The summed E-state index contributed by atoms with van der Waals surface area (Å²) in [6.07, 6.45) is 11.1. The van der Waals surface area contributed by atoms with E-state index in [9.17, 15) is 9.59 Å². The minimum atomic E-state index is -0.402. The molecule has 1 aliphatic rings. The maximum atomic E-state index is 13.3. The van der Waals surface area contributed by atoms with Crippen LogP contribution in [0.4, 0.5) is 10.5 Å². The van der Waals surface area contributed by atoms with Crippen LogP contribution < -0.4 is 10.6 Å². The van der Waals surface area contributed by atoms with Gasteiger partial charge in [0.15, 0.2) is 0 Å². The van der Waals surface area contributed by atoms with Crippen molar-refractivity contribution in [2.45, 2.75) is 70.8 Å². The van der Waals surface area contributed by atoms with Gasteiger partial charge in [-0.2, -0.15) is 0 Å². The maximum Gasteiger partial charge on any atom is 0.330 e. The van der Waals surface area contributed by atoms with E-state index in [2.05, 4.69) is 66.1 Å². The summed E-state index contributed by atoms with van der Waals surface area (Å²) >= 11 is 0. The summed E-state index contributed by atoms with van der Waals surface area (Å²) in [5.41, 5.74) is 4.65. The van der Waals surface area contributed by atoms with Gasteiger partial charge in [0.1, 0.15) is 5.65 Å². The summed E-state index contributed by atoms with van der Waals surface area (Å²) < 4.78 is 6.97. The van der Waals surface area contributed by atoms with Gasteiger partial charge in [-0.3, -0.25) is 0 Å². The van der Waals surface area contributed by atoms with Crippen LogP contribution >= 0.6 is 0 Å². The first-order valence-electron chi connectivity index (χ1n) is 13.2. The molecule has 0 saturated heterocycles. The number of hydrogen-bond donors (Lipinski definition) is 2. The number of pyridine rings is 1. The van der Waals surface area contributed by atoms with Gasteiger partial charge in [-0.15, -0.1) is 0 Å². The van der Waals surface area contributed by atoms with Crippen molar-refractivity contribution in [1.29, 1.82) is 0 Å². The fraction of sp³-hybridized carbons (Fsp3) is 0.433. The van der Waals surface area contributed by atoms with E-state index in [1.165, 1.54) is 13.2 Å². The first-order chi connectivity index (χ1) is 17.8. The molecule has 3 aromatic rings. The van der Waals surface area contributed by atoms with Crippen LogP contribution in [-0.2, 0) is 15.1 Å². The molecule has 37 heavy (non-hydrogen) atoms. The zero-order chi connectivity index (χ0) is 26.6. The fourth-order valence-corrected chi connectivity index (χ4v) is 5.44. The number of fused-ring (bicyclic) bond motifs is 1. The predicted molar refractivity (Wildman–Crippen MR) is 149 cm³/mol. The van der Waals surface area contributed by atoms with Crippen LogP contribution in [0.5, 0.6) is 0 Å². The summed E-state index contributed by atoms with van der Waals surface area (Å²) in [6.45, 7) is 9.07. The Hall–Kier alpha value is -3.61. The molecule has 4 rings (SSSR count). The number of esters is 1. The van der Waals surface area contributed by atoms with E-state index in [1.807, 2.05) is 18.3 Å². The monoisotopic (exact) mass is 502 g/mol. The van der Waals surface area contributed by atoms with Crippen molar-refractivity contribution in [2.75, 3.05) is 19.0 Å². The summed E-state index contributed by atoms with van der Waals surface area (Å²) in [7, 11) is 1.37. The number of rotatable bonds is 8. The lowest BCUT2D eigenvalue weighted by molar-refractivity contribution is -0.134. The van der Waals surface area contributed by atoms with E-state index in [1.54, 1.807) is 12.3 Å². The highest BCUT2D eigenvalue weighted by molar-refractivity contribution is 5.93. The molecule has 2 aromatic heterocycles. The van der Waals surface area contributed by atoms with Crippen LogP contribution in [0.3, 0.4) is 0 Å². The number of hydrogen-bond acceptors (Lipinski definition) is 4. The SMILES string of the molecule is COC(=O)C=Cc1cn(C2(CNC(=O)Nc3c(C(C)C)cccc3C(C)C)CCCC2)c2ncccc12. The number of ether oxygens (including phenoxy) is 1. The van der Waals surface area contributed by atoms with Gasteiger partial charge in [-0.25, -0.2) is 14.6 Å². The first kappa shape index (κ1) is 26.5. The lowest BCUT2D eigenvalue weighted by atomic mass is 9.92. The number of methoxy groups -OCH3 is 1. The standard InChI is InChI=1S/C30H38N4O3/c1-20(2)23-10-8-11-24(21(3)4)27(23)33-29(36)32-19-30(15-6-7-16-30)34-18-22(13-14-26(35)37-5)25-12-9-17-31-28(25)34/h8-14,17-18,20-21H,6-7,15-16,19H2,1-5H3,(H2,32,33,36). The van der Waals surface area contributed by atoms with E-state index in [4.69, 9.17) is 4.74 Å². The molecule has 2 heterocycles. The van der Waals surface area contributed by atoms with Crippen molar-refractivity contribution in [2.24, 2.45) is 0 Å². The van der Waals surface area contributed by atoms with Crippen LogP contribution in [0.15, 0.2) is 48.8 Å². The van der Waals surface area contributed by atoms with E-state index < -0.39 is 5.97 Å². The van der Waals surface area contributed by atoms with Crippen molar-refractivity contribution in [3.05, 3.63) is 65.5 Å². The normalized spacial score (nSPS) is 15.1. The number of nitrogens with one attached hydrogen (secondary N) is 2. The number of urea groups is 1. The molecule has 0 aliphatic heterocycles. The summed E-state index contributed by atoms with van der Waals surface area (Å²) in [6, 6.07) is 9.95. The topological polar surface area (TPSA) is 85.2 Å². The quantitative estimate of drug-likeness (QED) is 0.270. The second-order valence-corrected chi connectivity index (χ2v) is 10.5. The third kappa shape index (κ3) is 5.55. The number of benzene rings is 1. The van der Waals surface area contributed by atoms with Crippen molar-refractivity contribution in [3.8, 4) is 0 Å². The summed E-state index contributed by atoms with van der Waals surface area (Å²) in [5, 5.41) is 7.33. The van der Waals surface area contributed by atoms with E-state index in [0.717, 1.165) is 59.1 Å². The number of para-hydroxylation sites is 1. The van der Waals surface area contributed by atoms with Gasteiger partial charge in [-0.05, 0) is 54.0 Å². The smallest absolute Gasteiger partial charge is 0.330 e. The molecular weight excluding hydrogens is 464 g/mol. The molecular formula is C30H38N4O3. The summed E-state index contributed by atoms with van der Waals surface area (Å²) in [5.74, 6) is 0.189. The average Bonchev–Trinajstić information content (AvgIpc) is 3.51. The zero-order valence-electron chi connectivity index (χ0n) is 22.5. The molecule has 1 saturated carbocycles. The van der Waals surface area contributed by atoms with E-state index in [-0.39, 0.29) is 11.6 Å². The van der Waals surface area contributed by atoms with Crippen LogP contribution in [-0.4, -0.2) is 35.2 Å². The highest BCUT2D eigenvalue weighted by Gasteiger charge is 2.37. The van der Waals surface area contributed by atoms with Gasteiger partial charge in [-0.1, -0.05) is 58.7 Å². The molecule has 7 heteroatoms. The Bertz CT molecular complexity index is 1270. The van der Waals surface area contributed by atoms with Crippen LogP contribution in [0.25, 0.3) is 17.1 Å². The Kier molecular flexibility index (Phi) is 8.00. The molecule has 196 valence electrons. The van der Waals surface area contributed by atoms with E-state index >= 15 is 0 Å². The third-order valence-electron chi connectivity index (χ3n) is 7.43. The van der Waals surface area contributed by atoms with Gasteiger partial charge in [0.05, 0.1) is 12.6 Å². The zero-order valence-corrected chi connectivity index (χ0v) is 22.5. The Morgan fingerprint density at radius 3 is 2.38 bits per heavy atom. The number of amides is 2. The van der Waals surface area contributed by atoms with Gasteiger partial charge in [0.2, 0.25) is 0 Å². The Morgan fingerprint density at radius 2 is 1.76 bits per heavy atom. The Labute approximate surface area is 219 Å². The van der Waals surface area contributed by atoms with Crippen LogP contribution in [0.2, 0.25) is 0 Å². The van der Waals surface area contributed by atoms with Gasteiger partial charge < -0.3 is 19.9 Å². The highest BCUT2D eigenvalue weighted by Crippen LogP contribution is 2.40. The third-order valence-corrected chi connectivity index (χ3v) is 7.43. The van der Waals surface area contributed by atoms with Crippen molar-refractivity contribution in [3.63, 3.8) is 0 Å². The molecule has 0 radical (unpaired) electrons. The van der Waals surface area contributed by atoms with Gasteiger partial charge in [0, 0.05) is 41.7 Å². The second kappa shape index (κ2) is 11.2. The molecule has 0 atom stereocenters. The molecule has 2 amide bonds. The molecule has 0 bridgehead atoms. The molecule has 2 N–H and O–H groups in total. The molecule has 0 unspecified atom stereocenters. The molecule has 1 fully saturated rings. The maximum absolute atomic E-state index is 13.3. The van der Waals surface area contributed by atoms with Gasteiger partial charge >= 0.3 is 12.0 Å². The Balaban J connectivity index is 1.62. The first-order valence-corrected chi connectivity index (χ1v) is 13.2. The van der Waals surface area contributed by atoms with Gasteiger partial charge in [0.25, 0.3) is 0 Å². The highest BCUT2D eigenvalue weighted by atomic mass is 16.5.